The SMILES string of the molecule is CC(C)C[C@H](NC(=O)[C@H](CCC(=O)O)NC(=O)[C@H](CCCCN)NC(=O)[C@@H](N)CS)C(=O)N[C@@H](CCCN=C(N)N)C(=O)N[C@@H](Cc1ccc(O)cc1)C(=O)N[C@@H](Cc1ccccc1)C(=O)N[C@@H](CC(=O)O)C(=O)N[C@H](C(=O)O)C(C)C. The van der Waals surface area contributed by atoms with Crippen LogP contribution in [0.5, 0.6) is 5.75 Å². The minimum atomic E-state index is -1.83. The number of carbonyl (C=O) groups excluding carboxylic acids is 8. The van der Waals surface area contributed by atoms with Gasteiger partial charge in [-0.15, -0.1) is 0 Å². The number of carboxylic acids is 3. The summed E-state index contributed by atoms with van der Waals surface area (Å²) >= 11 is 4.03. The molecule has 0 aromatic heterocycles. The summed E-state index contributed by atoms with van der Waals surface area (Å²) in [6.07, 6.45) is -1.92. The van der Waals surface area contributed by atoms with Gasteiger partial charge in [0.05, 0.1) is 12.5 Å². The Labute approximate surface area is 480 Å². The standard InChI is InChI=1S/C53H81N13O15S/c1-28(2)23-37(62-47(75)36(19-20-41(68)69)61-45(73)34(13-8-9-21-54)59-44(72)33(55)27-82)48(76)60-35(14-10-22-58-53(56)57)46(74)63-39(25-31-15-17-32(67)18-16-31)49(77)64-38(24-30-11-6-5-7-12-30)50(78)65-40(26-42(70)71)51(79)66-43(29(3)4)52(80)81/h5-7,11-12,15-18,28-29,33-40,43,67,82H,8-10,13-14,19-27,54-55H2,1-4H3,(H,59,72)(H,60,76)(H,61,73)(H,62,75)(H,63,74)(H,64,77)(H,65,78)(H,66,79)(H,68,69)(H,70,71)(H,80,81)(H4,56,57,58)/t33-,34-,35-,36-,37-,38-,39-,40-,43-/m0/s1. The number of hydrogen-bond donors (Lipinski definition) is 17. The number of aromatic hydroxyl groups is 1. The van der Waals surface area contributed by atoms with Crippen LogP contribution in [0.15, 0.2) is 59.6 Å². The van der Waals surface area contributed by atoms with Crippen molar-refractivity contribution in [3.8, 4) is 5.75 Å². The summed E-state index contributed by atoms with van der Waals surface area (Å²) in [6, 6.07) is 0.381. The third kappa shape index (κ3) is 26.5. The molecule has 0 aliphatic rings. The second kappa shape index (κ2) is 36.3. The van der Waals surface area contributed by atoms with E-state index in [1.807, 2.05) is 0 Å². The minimum Gasteiger partial charge on any atom is -0.508 e. The minimum absolute atomic E-state index is 0.0453. The molecule has 9 atom stereocenters. The molecule has 454 valence electrons. The van der Waals surface area contributed by atoms with Gasteiger partial charge in [0.1, 0.15) is 54.1 Å². The second-order valence-corrected chi connectivity index (χ2v) is 20.6. The van der Waals surface area contributed by atoms with Crippen molar-refractivity contribution in [2.24, 2.45) is 39.8 Å². The Morgan fingerprint density at radius 2 is 0.976 bits per heavy atom. The molecule has 0 saturated heterocycles. The first-order chi connectivity index (χ1) is 38.6. The van der Waals surface area contributed by atoms with Gasteiger partial charge < -0.3 is 85.9 Å². The summed E-state index contributed by atoms with van der Waals surface area (Å²) in [4.78, 5) is 152. The number of guanidine groups is 1. The molecule has 0 fully saturated rings. The van der Waals surface area contributed by atoms with Crippen molar-refractivity contribution < 1.29 is 73.2 Å². The lowest BCUT2D eigenvalue weighted by Crippen LogP contribution is -2.61. The van der Waals surface area contributed by atoms with Crippen LogP contribution in [0.2, 0.25) is 0 Å². The molecule has 0 spiro atoms. The highest BCUT2D eigenvalue weighted by atomic mass is 32.1. The van der Waals surface area contributed by atoms with Gasteiger partial charge in [0.25, 0.3) is 0 Å². The maximum Gasteiger partial charge on any atom is 0.326 e. The maximum absolute atomic E-state index is 14.6. The topological polar surface area (TPSA) is 481 Å². The average Bonchev–Trinajstić information content (AvgIpc) is 3.48. The summed E-state index contributed by atoms with van der Waals surface area (Å²) in [5.74, 6) is -13.4. The molecule has 0 bridgehead atoms. The van der Waals surface area contributed by atoms with Crippen LogP contribution in [0.25, 0.3) is 0 Å². The number of hydrogen-bond acceptors (Lipinski definition) is 16. The van der Waals surface area contributed by atoms with Gasteiger partial charge in [-0.05, 0) is 86.6 Å². The van der Waals surface area contributed by atoms with E-state index in [1.165, 1.54) is 38.1 Å². The molecule has 28 nitrogen and oxygen atoms in total. The zero-order valence-electron chi connectivity index (χ0n) is 46.4. The number of aliphatic imine (C=N–C) groups is 1. The first kappa shape index (κ1) is 70.1. The van der Waals surface area contributed by atoms with E-state index in [0.29, 0.717) is 24.0 Å². The van der Waals surface area contributed by atoms with Crippen molar-refractivity contribution in [1.29, 1.82) is 0 Å². The number of aliphatic carboxylic acids is 3. The van der Waals surface area contributed by atoms with Crippen LogP contribution in [0.4, 0.5) is 0 Å². The summed E-state index contributed by atoms with van der Waals surface area (Å²) in [5.41, 5.74) is 23.4. The fourth-order valence-electron chi connectivity index (χ4n) is 8.06. The van der Waals surface area contributed by atoms with E-state index in [4.69, 9.17) is 22.9 Å². The van der Waals surface area contributed by atoms with E-state index in [1.54, 1.807) is 44.2 Å². The molecule has 29 heteroatoms. The predicted molar refractivity (Wildman–Crippen MR) is 303 cm³/mol. The third-order valence-electron chi connectivity index (χ3n) is 12.5. The van der Waals surface area contributed by atoms with Gasteiger partial charge in [-0.3, -0.25) is 52.9 Å². The third-order valence-corrected chi connectivity index (χ3v) is 12.9. The lowest BCUT2D eigenvalue weighted by Gasteiger charge is -2.28. The van der Waals surface area contributed by atoms with E-state index in [-0.39, 0.29) is 75.0 Å². The summed E-state index contributed by atoms with van der Waals surface area (Å²) < 4.78 is 0. The van der Waals surface area contributed by atoms with Gasteiger partial charge in [-0.25, -0.2) is 4.79 Å². The van der Waals surface area contributed by atoms with E-state index in [0.717, 1.165) is 0 Å². The Kier molecular flexibility index (Phi) is 31.0. The van der Waals surface area contributed by atoms with Gasteiger partial charge in [-0.2, -0.15) is 12.6 Å². The number of rotatable bonds is 38. The van der Waals surface area contributed by atoms with Crippen LogP contribution < -0.4 is 65.5 Å². The van der Waals surface area contributed by atoms with Crippen LogP contribution in [0.1, 0.15) is 96.6 Å². The summed E-state index contributed by atoms with van der Waals surface area (Å²) in [5, 5.41) is 59.1. The number of nitrogens with one attached hydrogen (secondary N) is 8. The quantitative estimate of drug-likeness (QED) is 0.0144. The highest BCUT2D eigenvalue weighted by molar-refractivity contribution is 7.80. The lowest BCUT2D eigenvalue weighted by atomic mass is 10.00. The number of nitrogens with two attached hydrogens (primary N) is 4. The summed E-state index contributed by atoms with van der Waals surface area (Å²) in [6.45, 7) is 6.67. The first-order valence-electron chi connectivity index (χ1n) is 26.7. The molecule has 0 radical (unpaired) electrons. The van der Waals surface area contributed by atoms with Gasteiger partial charge >= 0.3 is 17.9 Å². The lowest BCUT2D eigenvalue weighted by molar-refractivity contribution is -0.144. The number of carboxylic acid groups (broad SMARTS) is 3. The van der Waals surface area contributed by atoms with E-state index in [9.17, 15) is 73.2 Å². The molecule has 2 rings (SSSR count). The van der Waals surface area contributed by atoms with Crippen LogP contribution >= 0.6 is 12.6 Å². The maximum atomic E-state index is 14.6. The number of thiol groups is 1. The second-order valence-electron chi connectivity index (χ2n) is 20.2. The Morgan fingerprint density at radius 3 is 1.44 bits per heavy atom. The van der Waals surface area contributed by atoms with Crippen LogP contribution in [0.3, 0.4) is 0 Å². The van der Waals surface area contributed by atoms with Gasteiger partial charge in [0.2, 0.25) is 47.3 Å². The molecule has 2 aromatic carbocycles. The van der Waals surface area contributed by atoms with Crippen molar-refractivity contribution >= 4 is 83.8 Å². The number of amides is 8. The van der Waals surface area contributed by atoms with Gasteiger partial charge in [0, 0.05) is 31.6 Å². The number of phenolic OH excluding ortho intramolecular Hbond substituents is 1. The average molecular weight is 1170 g/mol. The predicted octanol–water partition coefficient (Wildman–Crippen LogP) is -2.38. The number of unbranched alkanes of at least 4 members (excludes halogenated alkanes) is 1. The zero-order chi connectivity index (χ0) is 61.6. The number of phenols is 1. The molecule has 0 aliphatic carbocycles. The molecule has 0 saturated carbocycles. The molecule has 2 aromatic rings. The van der Waals surface area contributed by atoms with Crippen LogP contribution in [-0.4, -0.2) is 165 Å². The van der Waals surface area contributed by atoms with Gasteiger partial charge in [0.15, 0.2) is 5.96 Å². The van der Waals surface area contributed by atoms with Crippen LogP contribution in [0, 0.1) is 11.8 Å². The van der Waals surface area contributed by atoms with Crippen molar-refractivity contribution in [1.82, 2.24) is 42.5 Å². The van der Waals surface area contributed by atoms with E-state index < -0.39 is 145 Å². The molecule has 8 amide bonds. The van der Waals surface area contributed by atoms with Crippen molar-refractivity contribution in [3.05, 3.63) is 65.7 Å². The van der Waals surface area contributed by atoms with Crippen LogP contribution in [-0.2, 0) is 65.6 Å². The first-order valence-corrected chi connectivity index (χ1v) is 27.3. The Morgan fingerprint density at radius 1 is 0.537 bits per heavy atom. The zero-order valence-corrected chi connectivity index (χ0v) is 47.3. The van der Waals surface area contributed by atoms with Crippen molar-refractivity contribution in [2.45, 2.75) is 153 Å². The van der Waals surface area contributed by atoms with E-state index >= 15 is 0 Å². The number of nitrogens with zero attached hydrogens (tertiary/aromatic N) is 1. The smallest absolute Gasteiger partial charge is 0.326 e. The largest absolute Gasteiger partial charge is 0.508 e. The Balaban J connectivity index is 2.64. The molecular formula is C53H81N13O15S. The molecule has 82 heavy (non-hydrogen) atoms. The van der Waals surface area contributed by atoms with E-state index in [2.05, 4.69) is 60.2 Å². The van der Waals surface area contributed by atoms with Crippen molar-refractivity contribution in [2.75, 3.05) is 18.8 Å². The monoisotopic (exact) mass is 1170 g/mol. The highest BCUT2D eigenvalue weighted by Crippen LogP contribution is 2.15. The molecule has 0 unspecified atom stereocenters. The fourth-order valence-corrected chi connectivity index (χ4v) is 8.22. The Bertz CT molecular complexity index is 2500. The molecular weight excluding hydrogens is 1090 g/mol. The molecule has 0 heterocycles. The molecule has 0 aliphatic heterocycles. The fraction of sp³-hybridized carbons (Fsp3) is 0.547. The summed E-state index contributed by atoms with van der Waals surface area (Å²) in [7, 11) is 0. The van der Waals surface area contributed by atoms with Gasteiger partial charge in [-0.1, -0.05) is 70.2 Å². The normalized spacial score (nSPS) is 14.4. The number of benzene rings is 2. The van der Waals surface area contributed by atoms with Crippen molar-refractivity contribution in [3.63, 3.8) is 0 Å². The Hall–Kier alpha value is -8.05. The molecule has 20 N–H and O–H groups in total. The highest BCUT2D eigenvalue weighted by Gasteiger charge is 2.36. The number of carbonyl (C=O) groups is 11.